The lowest BCUT2D eigenvalue weighted by Crippen LogP contribution is -2.56. The number of carbonyl (C=O) groups is 1. The summed E-state index contributed by atoms with van der Waals surface area (Å²) in [5.74, 6) is 0. The summed E-state index contributed by atoms with van der Waals surface area (Å²) in [6, 6.07) is -0.861. The van der Waals surface area contributed by atoms with Crippen molar-refractivity contribution in [2.45, 2.75) is 24.7 Å². The molecule has 0 aliphatic rings. The van der Waals surface area contributed by atoms with E-state index in [1.807, 2.05) is 0 Å². The molecule has 5 nitrogen and oxygen atoms in total. The molecule has 0 aliphatic heterocycles. The maximum Gasteiger partial charge on any atom is 0.150 e. The molecule has 0 rings (SSSR count). The first-order valence-electron chi connectivity index (χ1n) is 3.63. The van der Waals surface area contributed by atoms with E-state index in [4.69, 9.17) is 10.2 Å². The maximum absolute atomic E-state index is 10.2. The lowest BCUT2D eigenvalue weighted by molar-refractivity contribution is -0.123. The molecule has 0 amide bonds. The molecule has 0 fully saturated rings. The summed E-state index contributed by atoms with van der Waals surface area (Å²) in [4.78, 5) is 10.2. The van der Waals surface area contributed by atoms with Crippen LogP contribution in [0.4, 0.5) is 0 Å². The van der Waals surface area contributed by atoms with E-state index in [1.165, 1.54) is 14.0 Å². The molecule has 0 bridgehead atoms. The minimum absolute atomic E-state index is 0.311. The maximum atomic E-state index is 10.2. The van der Waals surface area contributed by atoms with Crippen molar-refractivity contribution in [3.63, 3.8) is 0 Å². The van der Waals surface area contributed by atoms with Gasteiger partial charge in [0, 0.05) is 0 Å². The number of hydrogen-bond donors (Lipinski definition) is 4. The fourth-order valence-corrected chi connectivity index (χ4v) is 1.03. The monoisotopic (exact) mass is 177 g/mol. The van der Waals surface area contributed by atoms with E-state index in [-0.39, 0.29) is 0 Å². The van der Waals surface area contributed by atoms with E-state index in [0.29, 0.717) is 6.29 Å². The summed E-state index contributed by atoms with van der Waals surface area (Å²) >= 11 is 0. The van der Waals surface area contributed by atoms with Crippen molar-refractivity contribution in [1.82, 2.24) is 5.32 Å². The molecule has 0 aromatic heterocycles. The molecular weight excluding hydrogens is 162 g/mol. The predicted molar refractivity (Wildman–Crippen MR) is 42.6 cm³/mol. The van der Waals surface area contributed by atoms with Gasteiger partial charge in [-0.3, -0.25) is 0 Å². The first kappa shape index (κ1) is 11.5. The Bertz CT molecular complexity index is 148. The third-order valence-corrected chi connectivity index (χ3v) is 1.78. The Hall–Kier alpha value is -0.490. The van der Waals surface area contributed by atoms with E-state index in [9.17, 15) is 9.90 Å². The van der Waals surface area contributed by atoms with Crippen molar-refractivity contribution in [2.75, 3.05) is 13.7 Å². The van der Waals surface area contributed by atoms with E-state index in [2.05, 4.69) is 5.32 Å². The predicted octanol–water partition coefficient (Wildman–Crippen LogP) is -2.12. The second-order valence-electron chi connectivity index (χ2n) is 2.91. The van der Waals surface area contributed by atoms with Crippen LogP contribution >= 0.6 is 0 Å². The lowest BCUT2D eigenvalue weighted by Gasteiger charge is -2.32. The molecule has 0 aromatic carbocycles. The molecule has 0 spiro atoms. The van der Waals surface area contributed by atoms with Gasteiger partial charge in [0.2, 0.25) is 0 Å². The van der Waals surface area contributed by atoms with Crippen molar-refractivity contribution < 1.29 is 20.1 Å². The van der Waals surface area contributed by atoms with Crippen molar-refractivity contribution >= 4 is 6.29 Å². The van der Waals surface area contributed by atoms with Gasteiger partial charge in [0.25, 0.3) is 0 Å². The molecule has 0 aliphatic carbocycles. The molecule has 12 heavy (non-hydrogen) atoms. The van der Waals surface area contributed by atoms with Gasteiger partial charge in [0.1, 0.15) is 18.0 Å². The Balaban J connectivity index is 4.42. The topological polar surface area (TPSA) is 89.8 Å². The molecule has 0 aromatic rings. The summed E-state index contributed by atoms with van der Waals surface area (Å²) in [5.41, 5.74) is -1.50. The first-order valence-corrected chi connectivity index (χ1v) is 3.63. The first-order chi connectivity index (χ1) is 5.49. The lowest BCUT2D eigenvalue weighted by atomic mass is 9.93. The van der Waals surface area contributed by atoms with Gasteiger partial charge in [-0.2, -0.15) is 0 Å². The van der Waals surface area contributed by atoms with Crippen LogP contribution in [-0.2, 0) is 4.79 Å². The van der Waals surface area contributed by atoms with Crippen LogP contribution in [0.1, 0.15) is 6.92 Å². The molecular formula is C7H15NO4. The van der Waals surface area contributed by atoms with Crippen LogP contribution in [0.25, 0.3) is 0 Å². The van der Waals surface area contributed by atoms with Crippen molar-refractivity contribution in [3.8, 4) is 0 Å². The highest BCUT2D eigenvalue weighted by molar-refractivity contribution is 5.57. The van der Waals surface area contributed by atoms with Crippen LogP contribution in [-0.4, -0.2) is 53.0 Å². The smallest absolute Gasteiger partial charge is 0.150 e. The third kappa shape index (κ3) is 2.53. The number of nitrogens with one attached hydrogen (secondary N) is 1. The highest BCUT2D eigenvalue weighted by atomic mass is 16.3. The zero-order valence-electron chi connectivity index (χ0n) is 7.19. The van der Waals surface area contributed by atoms with Gasteiger partial charge in [0.15, 0.2) is 0 Å². The Kier molecular flexibility index (Phi) is 4.33. The van der Waals surface area contributed by atoms with Crippen LogP contribution in [0, 0.1) is 0 Å². The van der Waals surface area contributed by atoms with Crippen LogP contribution in [0.15, 0.2) is 0 Å². The average Bonchev–Trinajstić information content (AvgIpc) is 2.05. The van der Waals surface area contributed by atoms with E-state index < -0.39 is 24.4 Å². The van der Waals surface area contributed by atoms with Crippen molar-refractivity contribution in [2.24, 2.45) is 0 Å². The van der Waals surface area contributed by atoms with E-state index >= 15 is 0 Å². The highest BCUT2D eigenvalue weighted by Crippen LogP contribution is 2.11. The Morgan fingerprint density at radius 3 is 2.42 bits per heavy atom. The zero-order chi connectivity index (χ0) is 9.78. The van der Waals surface area contributed by atoms with Gasteiger partial charge in [-0.05, 0) is 14.0 Å². The Morgan fingerprint density at radius 1 is 1.67 bits per heavy atom. The normalized spacial score (nSPS) is 21.1. The SMILES string of the molecule is CNC(C(O)C=O)C(C)(O)CO. The molecule has 0 radical (unpaired) electrons. The summed E-state index contributed by atoms with van der Waals surface area (Å²) in [6.07, 6.45) is -1.01. The standard InChI is InChI=1S/C7H15NO4/c1-7(12,4-10)6(8-2)5(11)3-9/h3,5-6,8,10-12H,4H2,1-2H3. The summed E-state index contributed by atoms with van der Waals surface area (Å²) in [7, 11) is 1.49. The molecule has 3 unspecified atom stereocenters. The van der Waals surface area contributed by atoms with E-state index in [1.54, 1.807) is 0 Å². The number of aldehydes is 1. The number of hydrogen-bond acceptors (Lipinski definition) is 5. The second kappa shape index (κ2) is 4.51. The number of carbonyl (C=O) groups excluding carboxylic acids is 1. The van der Waals surface area contributed by atoms with Gasteiger partial charge >= 0.3 is 0 Å². The van der Waals surface area contributed by atoms with Crippen molar-refractivity contribution in [1.29, 1.82) is 0 Å². The van der Waals surface area contributed by atoms with Gasteiger partial charge in [0.05, 0.1) is 12.6 Å². The van der Waals surface area contributed by atoms with Crippen LogP contribution in [0.5, 0.6) is 0 Å². The highest BCUT2D eigenvalue weighted by Gasteiger charge is 2.35. The van der Waals surface area contributed by atoms with Gasteiger partial charge in [-0.15, -0.1) is 0 Å². The van der Waals surface area contributed by atoms with Gasteiger partial charge in [-0.25, -0.2) is 0 Å². The number of rotatable bonds is 5. The quantitative estimate of drug-likeness (QED) is 0.360. The summed E-state index contributed by atoms with van der Waals surface area (Å²) in [5, 5.41) is 29.8. The Morgan fingerprint density at radius 2 is 2.17 bits per heavy atom. The van der Waals surface area contributed by atoms with Crippen LogP contribution < -0.4 is 5.32 Å². The summed E-state index contributed by atoms with van der Waals surface area (Å²) in [6.45, 7) is 0.810. The number of aliphatic hydroxyl groups excluding tert-OH is 2. The molecule has 0 saturated carbocycles. The Labute approximate surface area is 71.0 Å². The number of likely N-dealkylation sites (N-methyl/N-ethyl adjacent to an activating group) is 1. The largest absolute Gasteiger partial charge is 0.393 e. The number of aliphatic hydroxyl groups is 3. The molecule has 0 heterocycles. The molecule has 3 atom stereocenters. The molecule has 5 heteroatoms. The second-order valence-corrected chi connectivity index (χ2v) is 2.91. The van der Waals surface area contributed by atoms with Crippen LogP contribution in [0.3, 0.4) is 0 Å². The van der Waals surface area contributed by atoms with E-state index in [0.717, 1.165) is 0 Å². The molecule has 72 valence electrons. The third-order valence-electron chi connectivity index (χ3n) is 1.78. The van der Waals surface area contributed by atoms with Crippen LogP contribution in [0.2, 0.25) is 0 Å². The zero-order valence-corrected chi connectivity index (χ0v) is 7.19. The van der Waals surface area contributed by atoms with Crippen molar-refractivity contribution in [3.05, 3.63) is 0 Å². The van der Waals surface area contributed by atoms with Gasteiger partial charge in [-0.1, -0.05) is 0 Å². The van der Waals surface area contributed by atoms with Gasteiger partial charge < -0.3 is 25.4 Å². The fourth-order valence-electron chi connectivity index (χ4n) is 1.03. The molecule has 4 N–H and O–H groups in total. The molecule has 0 saturated heterocycles. The summed E-state index contributed by atoms with van der Waals surface area (Å²) < 4.78 is 0. The average molecular weight is 177 g/mol. The minimum Gasteiger partial charge on any atom is -0.393 e. The fraction of sp³-hybridized carbons (Fsp3) is 0.857. The minimum atomic E-state index is -1.50.